The molecule has 0 aromatic heterocycles. The number of rotatable bonds is 8. The van der Waals surface area contributed by atoms with Gasteiger partial charge in [-0.1, -0.05) is 12.1 Å². The first-order chi connectivity index (χ1) is 12.2. The average Bonchev–Trinajstić information content (AvgIpc) is 2.55. The van der Waals surface area contributed by atoms with Crippen molar-refractivity contribution in [1.29, 1.82) is 0 Å². The SMILES string of the molecule is CCN(CC)C(=O)Nc1ccc(C(C)NC(=O)COCC(F)(F)F)cc1. The highest BCUT2D eigenvalue weighted by Crippen LogP contribution is 2.17. The molecule has 0 radical (unpaired) electrons. The van der Waals surface area contributed by atoms with Crippen molar-refractivity contribution in [2.24, 2.45) is 0 Å². The Hall–Kier alpha value is -2.29. The number of alkyl halides is 3. The largest absolute Gasteiger partial charge is 0.411 e. The fourth-order valence-electron chi connectivity index (χ4n) is 2.19. The summed E-state index contributed by atoms with van der Waals surface area (Å²) in [4.78, 5) is 25.2. The van der Waals surface area contributed by atoms with Crippen LogP contribution < -0.4 is 10.6 Å². The lowest BCUT2D eigenvalue weighted by atomic mass is 10.1. The third kappa shape index (κ3) is 7.73. The number of carbonyl (C=O) groups excluding carboxylic acids is 2. The Morgan fingerprint density at radius 3 is 2.23 bits per heavy atom. The number of halogens is 3. The number of benzene rings is 1. The summed E-state index contributed by atoms with van der Waals surface area (Å²) >= 11 is 0. The zero-order valence-electron chi connectivity index (χ0n) is 15.0. The van der Waals surface area contributed by atoms with E-state index in [4.69, 9.17) is 0 Å². The molecule has 6 nitrogen and oxygen atoms in total. The fourth-order valence-corrected chi connectivity index (χ4v) is 2.19. The summed E-state index contributed by atoms with van der Waals surface area (Å²) in [6.07, 6.45) is -4.46. The van der Waals surface area contributed by atoms with Gasteiger partial charge in [0.1, 0.15) is 13.2 Å². The van der Waals surface area contributed by atoms with E-state index in [2.05, 4.69) is 15.4 Å². The van der Waals surface area contributed by atoms with Gasteiger partial charge >= 0.3 is 12.2 Å². The highest BCUT2D eigenvalue weighted by molar-refractivity contribution is 5.89. The van der Waals surface area contributed by atoms with Crippen molar-refractivity contribution in [3.63, 3.8) is 0 Å². The maximum Gasteiger partial charge on any atom is 0.411 e. The summed E-state index contributed by atoms with van der Waals surface area (Å²) in [6, 6.07) is 6.22. The zero-order valence-corrected chi connectivity index (χ0v) is 15.0. The van der Waals surface area contributed by atoms with E-state index in [1.165, 1.54) is 0 Å². The average molecular weight is 375 g/mol. The zero-order chi connectivity index (χ0) is 19.7. The number of carbonyl (C=O) groups is 2. The molecule has 1 aromatic rings. The van der Waals surface area contributed by atoms with Gasteiger partial charge in [-0.15, -0.1) is 0 Å². The van der Waals surface area contributed by atoms with Crippen LogP contribution in [0.25, 0.3) is 0 Å². The van der Waals surface area contributed by atoms with Gasteiger partial charge in [-0.3, -0.25) is 4.79 Å². The van der Waals surface area contributed by atoms with Crippen LogP contribution in [0, 0.1) is 0 Å². The van der Waals surface area contributed by atoms with Crippen molar-refractivity contribution in [1.82, 2.24) is 10.2 Å². The number of urea groups is 1. The lowest BCUT2D eigenvalue weighted by molar-refractivity contribution is -0.175. The molecule has 9 heteroatoms. The quantitative estimate of drug-likeness (QED) is 0.732. The van der Waals surface area contributed by atoms with Gasteiger partial charge in [-0.05, 0) is 38.5 Å². The first-order valence-corrected chi connectivity index (χ1v) is 8.26. The van der Waals surface area contributed by atoms with Gasteiger partial charge in [0, 0.05) is 18.8 Å². The number of hydrogen-bond donors (Lipinski definition) is 2. The van der Waals surface area contributed by atoms with Crippen molar-refractivity contribution in [2.75, 3.05) is 31.6 Å². The number of anilines is 1. The van der Waals surface area contributed by atoms with E-state index in [9.17, 15) is 22.8 Å². The molecule has 1 atom stereocenters. The summed E-state index contributed by atoms with van der Waals surface area (Å²) in [7, 11) is 0. The molecule has 146 valence electrons. The van der Waals surface area contributed by atoms with Gasteiger partial charge in [-0.25, -0.2) is 4.79 Å². The molecule has 0 aliphatic carbocycles. The van der Waals surface area contributed by atoms with Crippen LogP contribution in [0.15, 0.2) is 24.3 Å². The van der Waals surface area contributed by atoms with Gasteiger partial charge < -0.3 is 20.3 Å². The fraction of sp³-hybridized carbons (Fsp3) is 0.529. The smallest absolute Gasteiger partial charge is 0.362 e. The Morgan fingerprint density at radius 1 is 1.15 bits per heavy atom. The van der Waals surface area contributed by atoms with Crippen LogP contribution in [-0.2, 0) is 9.53 Å². The first kappa shape index (κ1) is 21.8. The van der Waals surface area contributed by atoms with Crippen LogP contribution >= 0.6 is 0 Å². The molecule has 3 amide bonds. The van der Waals surface area contributed by atoms with E-state index < -0.39 is 31.3 Å². The molecule has 0 spiro atoms. The van der Waals surface area contributed by atoms with Crippen LogP contribution in [0.2, 0.25) is 0 Å². The lowest BCUT2D eigenvalue weighted by Crippen LogP contribution is -2.34. The second-order valence-corrected chi connectivity index (χ2v) is 5.62. The number of nitrogens with zero attached hydrogens (tertiary/aromatic N) is 1. The van der Waals surface area contributed by atoms with E-state index >= 15 is 0 Å². The van der Waals surface area contributed by atoms with Crippen LogP contribution in [-0.4, -0.2) is 49.3 Å². The monoisotopic (exact) mass is 375 g/mol. The summed E-state index contributed by atoms with van der Waals surface area (Å²) in [5.74, 6) is -0.638. The normalized spacial score (nSPS) is 12.4. The minimum Gasteiger partial charge on any atom is -0.362 e. The topological polar surface area (TPSA) is 70.7 Å². The molecule has 0 bridgehead atoms. The van der Waals surface area contributed by atoms with E-state index in [0.717, 1.165) is 5.56 Å². The maximum atomic E-state index is 12.0. The summed E-state index contributed by atoms with van der Waals surface area (Å²) in [6.45, 7) is 4.53. The standard InChI is InChI=1S/C17H24F3N3O3/c1-4-23(5-2)16(25)22-14-8-6-13(7-9-14)12(3)21-15(24)10-26-11-17(18,19)20/h6-9,12H,4-5,10-11H2,1-3H3,(H,21,24)(H,22,25). The Kier molecular flexibility index (Phi) is 8.37. The number of nitrogens with one attached hydrogen (secondary N) is 2. The molecule has 0 fully saturated rings. The number of ether oxygens (including phenoxy) is 1. The van der Waals surface area contributed by atoms with Crippen molar-refractivity contribution >= 4 is 17.6 Å². The van der Waals surface area contributed by atoms with Gasteiger partial charge in [-0.2, -0.15) is 13.2 Å². The maximum absolute atomic E-state index is 12.0. The lowest BCUT2D eigenvalue weighted by Gasteiger charge is -2.19. The summed E-state index contributed by atoms with van der Waals surface area (Å²) in [5, 5.41) is 5.32. The van der Waals surface area contributed by atoms with E-state index in [1.807, 2.05) is 13.8 Å². The molecular formula is C17H24F3N3O3. The molecule has 1 aromatic carbocycles. The number of hydrogen-bond acceptors (Lipinski definition) is 3. The van der Waals surface area contributed by atoms with E-state index in [1.54, 1.807) is 36.1 Å². The van der Waals surface area contributed by atoms with Gasteiger partial charge in [0.2, 0.25) is 5.91 Å². The highest BCUT2D eigenvalue weighted by Gasteiger charge is 2.27. The predicted molar refractivity (Wildman–Crippen MR) is 91.8 cm³/mol. The molecule has 1 rings (SSSR count). The minimum atomic E-state index is -4.46. The van der Waals surface area contributed by atoms with Gasteiger partial charge in [0.05, 0.1) is 6.04 Å². The minimum absolute atomic E-state index is 0.203. The van der Waals surface area contributed by atoms with Crippen molar-refractivity contribution in [3.05, 3.63) is 29.8 Å². The van der Waals surface area contributed by atoms with Crippen LogP contribution in [0.5, 0.6) is 0 Å². The molecule has 26 heavy (non-hydrogen) atoms. The molecule has 0 aliphatic rings. The van der Waals surface area contributed by atoms with E-state index in [0.29, 0.717) is 18.8 Å². The van der Waals surface area contributed by atoms with E-state index in [-0.39, 0.29) is 6.03 Å². The van der Waals surface area contributed by atoms with Crippen LogP contribution in [0.3, 0.4) is 0 Å². The van der Waals surface area contributed by atoms with Crippen LogP contribution in [0.4, 0.5) is 23.7 Å². The molecular weight excluding hydrogens is 351 g/mol. The Labute approximate surface area is 150 Å². The predicted octanol–water partition coefficient (Wildman–Crippen LogP) is 3.32. The van der Waals surface area contributed by atoms with Gasteiger partial charge in [0.15, 0.2) is 0 Å². The molecule has 0 heterocycles. The molecule has 0 aliphatic heterocycles. The van der Waals surface area contributed by atoms with Crippen LogP contribution in [0.1, 0.15) is 32.4 Å². The second kappa shape index (κ2) is 10.0. The Bertz CT molecular complexity index is 587. The second-order valence-electron chi connectivity index (χ2n) is 5.62. The number of amides is 3. The Balaban J connectivity index is 2.51. The third-order valence-electron chi connectivity index (χ3n) is 3.59. The molecule has 1 unspecified atom stereocenters. The molecule has 0 saturated heterocycles. The third-order valence-corrected chi connectivity index (χ3v) is 3.59. The van der Waals surface area contributed by atoms with Crippen molar-refractivity contribution < 1.29 is 27.5 Å². The van der Waals surface area contributed by atoms with Gasteiger partial charge in [0.25, 0.3) is 0 Å². The highest BCUT2D eigenvalue weighted by atomic mass is 19.4. The summed E-state index contributed by atoms with van der Waals surface area (Å²) < 4.78 is 40.2. The Morgan fingerprint density at radius 2 is 1.73 bits per heavy atom. The van der Waals surface area contributed by atoms with Crippen molar-refractivity contribution in [2.45, 2.75) is 33.0 Å². The summed E-state index contributed by atoms with van der Waals surface area (Å²) in [5.41, 5.74) is 1.35. The first-order valence-electron chi connectivity index (χ1n) is 8.26. The molecule has 2 N–H and O–H groups in total. The van der Waals surface area contributed by atoms with Crippen molar-refractivity contribution in [3.8, 4) is 0 Å². The molecule has 0 saturated carbocycles.